The zero-order chi connectivity index (χ0) is 13.6. The lowest BCUT2D eigenvalue weighted by Gasteiger charge is -2.26. The van der Waals surface area contributed by atoms with Crippen LogP contribution >= 0.6 is 0 Å². The number of aryl methyl sites for hydroxylation is 1. The van der Waals surface area contributed by atoms with Gasteiger partial charge >= 0.3 is 0 Å². The summed E-state index contributed by atoms with van der Waals surface area (Å²) in [6, 6.07) is 6.38. The van der Waals surface area contributed by atoms with E-state index in [0.29, 0.717) is 13.3 Å². The third-order valence-electron chi connectivity index (χ3n) is 3.05. The van der Waals surface area contributed by atoms with Crippen LogP contribution in [0.3, 0.4) is 0 Å². The van der Waals surface area contributed by atoms with Gasteiger partial charge in [-0.3, -0.25) is 5.84 Å². The molecule has 0 fully saturated rings. The van der Waals surface area contributed by atoms with Crippen molar-refractivity contribution >= 4 is 0 Å². The Hall–Kier alpha value is -1.10. The fourth-order valence-electron chi connectivity index (χ4n) is 1.94. The van der Waals surface area contributed by atoms with Crippen molar-refractivity contribution in [3.05, 3.63) is 29.3 Å². The molecule has 18 heavy (non-hydrogen) atoms. The van der Waals surface area contributed by atoms with Crippen molar-refractivity contribution in [2.75, 3.05) is 19.8 Å². The summed E-state index contributed by atoms with van der Waals surface area (Å²) in [5.41, 5.74) is 5.14. The summed E-state index contributed by atoms with van der Waals surface area (Å²) >= 11 is 0. The third kappa shape index (κ3) is 3.98. The zero-order valence-electron chi connectivity index (χ0n) is 11.8. The van der Waals surface area contributed by atoms with Gasteiger partial charge in [-0.2, -0.15) is 0 Å². The van der Waals surface area contributed by atoms with E-state index in [2.05, 4.69) is 49.7 Å². The van der Waals surface area contributed by atoms with Crippen LogP contribution in [0.4, 0.5) is 0 Å². The molecule has 4 N–H and O–H groups in total. The van der Waals surface area contributed by atoms with E-state index in [9.17, 15) is 0 Å². The minimum absolute atomic E-state index is 0.0619. The number of rotatable bonds is 7. The number of nitrogens with two attached hydrogens (primary N) is 1. The van der Waals surface area contributed by atoms with Crippen molar-refractivity contribution in [2.24, 2.45) is 5.84 Å². The van der Waals surface area contributed by atoms with Crippen molar-refractivity contribution in [2.45, 2.75) is 33.1 Å². The van der Waals surface area contributed by atoms with Crippen LogP contribution < -0.4 is 21.3 Å². The molecule has 0 aliphatic rings. The Morgan fingerprint density at radius 2 is 2.06 bits per heavy atom. The SMILES string of the molecule is CCOc1ccc(C(C)(C)CNCNN)cc1C. The molecule has 0 bridgehead atoms. The van der Waals surface area contributed by atoms with Crippen molar-refractivity contribution in [3.8, 4) is 5.75 Å². The largest absolute Gasteiger partial charge is 0.494 e. The first-order valence-electron chi connectivity index (χ1n) is 6.39. The molecule has 0 aliphatic heterocycles. The van der Waals surface area contributed by atoms with Crippen LogP contribution in [0.2, 0.25) is 0 Å². The molecule has 0 radical (unpaired) electrons. The Kier molecular flexibility index (Phi) is 5.59. The van der Waals surface area contributed by atoms with Gasteiger partial charge in [-0.25, -0.2) is 5.43 Å². The highest BCUT2D eigenvalue weighted by atomic mass is 16.5. The maximum atomic E-state index is 5.56. The highest BCUT2D eigenvalue weighted by Crippen LogP contribution is 2.27. The summed E-state index contributed by atoms with van der Waals surface area (Å²) in [6.07, 6.45) is 0. The molecule has 0 unspecified atom stereocenters. The highest BCUT2D eigenvalue weighted by Gasteiger charge is 2.20. The van der Waals surface area contributed by atoms with E-state index in [-0.39, 0.29) is 5.41 Å². The van der Waals surface area contributed by atoms with Gasteiger partial charge in [-0.1, -0.05) is 26.0 Å². The number of nitrogens with one attached hydrogen (secondary N) is 2. The number of benzene rings is 1. The molecule has 1 rings (SSSR count). The molecule has 0 aliphatic carbocycles. The molecule has 0 saturated carbocycles. The van der Waals surface area contributed by atoms with Gasteiger partial charge < -0.3 is 10.1 Å². The molecule has 1 aromatic rings. The molecule has 4 nitrogen and oxygen atoms in total. The second-order valence-electron chi connectivity index (χ2n) is 5.10. The number of hydrogen-bond donors (Lipinski definition) is 3. The minimum atomic E-state index is 0.0619. The van der Waals surface area contributed by atoms with E-state index < -0.39 is 0 Å². The predicted molar refractivity (Wildman–Crippen MR) is 75.6 cm³/mol. The summed E-state index contributed by atoms with van der Waals surface area (Å²) in [7, 11) is 0. The van der Waals surface area contributed by atoms with Gasteiger partial charge in [0.1, 0.15) is 5.75 Å². The summed E-state index contributed by atoms with van der Waals surface area (Å²) in [6.45, 7) is 10.7. The Morgan fingerprint density at radius 1 is 1.33 bits per heavy atom. The van der Waals surface area contributed by atoms with Gasteiger partial charge in [0.2, 0.25) is 0 Å². The number of hydrogen-bond acceptors (Lipinski definition) is 4. The minimum Gasteiger partial charge on any atom is -0.494 e. The van der Waals surface area contributed by atoms with Crippen LogP contribution in [-0.4, -0.2) is 19.8 Å². The van der Waals surface area contributed by atoms with Crippen LogP contribution in [0.5, 0.6) is 5.75 Å². The van der Waals surface area contributed by atoms with Crippen LogP contribution in [0.15, 0.2) is 18.2 Å². The highest BCUT2D eigenvalue weighted by molar-refractivity contribution is 5.39. The van der Waals surface area contributed by atoms with Crippen LogP contribution in [-0.2, 0) is 5.41 Å². The summed E-state index contributed by atoms with van der Waals surface area (Å²) in [5, 5.41) is 3.27. The van der Waals surface area contributed by atoms with Crippen molar-refractivity contribution < 1.29 is 4.74 Å². The van der Waals surface area contributed by atoms with Crippen LogP contribution in [0.1, 0.15) is 31.9 Å². The average molecular weight is 251 g/mol. The normalized spacial score (nSPS) is 11.6. The molecule has 102 valence electrons. The van der Waals surface area contributed by atoms with Crippen molar-refractivity contribution in [1.29, 1.82) is 0 Å². The average Bonchev–Trinajstić information content (AvgIpc) is 2.32. The van der Waals surface area contributed by atoms with Gasteiger partial charge in [0.05, 0.1) is 13.3 Å². The van der Waals surface area contributed by atoms with Gasteiger partial charge in [0.15, 0.2) is 0 Å². The molecule has 0 aromatic heterocycles. The molecule has 4 heteroatoms. The number of hydrazine groups is 1. The predicted octanol–water partition coefficient (Wildman–Crippen LogP) is 1.68. The maximum absolute atomic E-state index is 5.56. The van der Waals surface area contributed by atoms with Gasteiger partial charge in [-0.05, 0) is 31.0 Å². The van der Waals surface area contributed by atoms with Gasteiger partial charge in [0.25, 0.3) is 0 Å². The molecule has 0 saturated heterocycles. The second kappa shape index (κ2) is 6.73. The summed E-state index contributed by atoms with van der Waals surface area (Å²) in [5.74, 6) is 6.21. The first kappa shape index (κ1) is 15.0. The standard InChI is InChI=1S/C14H25N3O/c1-5-18-13-7-6-12(8-11(13)2)14(3,4)9-16-10-17-15/h6-8,16-17H,5,9-10,15H2,1-4H3. The lowest BCUT2D eigenvalue weighted by atomic mass is 9.84. The lowest BCUT2D eigenvalue weighted by Crippen LogP contribution is -2.40. The molecule has 0 spiro atoms. The first-order chi connectivity index (χ1) is 8.51. The number of ether oxygens (including phenoxy) is 1. The zero-order valence-corrected chi connectivity index (χ0v) is 11.8. The first-order valence-corrected chi connectivity index (χ1v) is 6.39. The fourth-order valence-corrected chi connectivity index (χ4v) is 1.94. The van der Waals surface area contributed by atoms with Gasteiger partial charge in [-0.15, -0.1) is 0 Å². The van der Waals surface area contributed by atoms with Crippen molar-refractivity contribution in [3.63, 3.8) is 0 Å². The maximum Gasteiger partial charge on any atom is 0.122 e. The van der Waals surface area contributed by atoms with Crippen molar-refractivity contribution in [1.82, 2.24) is 10.7 Å². The molecular weight excluding hydrogens is 226 g/mol. The molecule has 1 aromatic carbocycles. The third-order valence-corrected chi connectivity index (χ3v) is 3.05. The smallest absolute Gasteiger partial charge is 0.122 e. The van der Waals surface area contributed by atoms with E-state index in [1.54, 1.807) is 0 Å². The molecule has 0 amide bonds. The van der Waals surface area contributed by atoms with E-state index in [1.165, 1.54) is 11.1 Å². The Labute approximate surface area is 110 Å². The van der Waals surface area contributed by atoms with E-state index in [4.69, 9.17) is 10.6 Å². The van der Waals surface area contributed by atoms with E-state index in [1.807, 2.05) is 6.92 Å². The Balaban J connectivity index is 2.79. The quantitative estimate of drug-likeness (QED) is 0.299. The Bertz CT molecular complexity index is 377. The molecule has 0 atom stereocenters. The van der Waals surface area contributed by atoms with Crippen LogP contribution in [0.25, 0.3) is 0 Å². The van der Waals surface area contributed by atoms with Crippen LogP contribution in [0, 0.1) is 6.92 Å². The Morgan fingerprint density at radius 3 is 2.61 bits per heavy atom. The summed E-state index contributed by atoms with van der Waals surface area (Å²) in [4.78, 5) is 0. The second-order valence-corrected chi connectivity index (χ2v) is 5.10. The molecular formula is C14H25N3O. The van der Waals surface area contributed by atoms with E-state index in [0.717, 1.165) is 12.3 Å². The van der Waals surface area contributed by atoms with Gasteiger partial charge in [0, 0.05) is 12.0 Å². The molecule has 0 heterocycles. The van der Waals surface area contributed by atoms with E-state index >= 15 is 0 Å². The lowest BCUT2D eigenvalue weighted by molar-refractivity contribution is 0.337. The monoisotopic (exact) mass is 251 g/mol. The fraction of sp³-hybridized carbons (Fsp3) is 0.571. The topological polar surface area (TPSA) is 59.3 Å². The summed E-state index contributed by atoms with van der Waals surface area (Å²) < 4.78 is 5.56.